The second-order valence-electron chi connectivity index (χ2n) is 11.6. The van der Waals surface area contributed by atoms with Crippen LogP contribution in [0.25, 0.3) is 22.0 Å². The number of hydrogen-bond acceptors (Lipinski definition) is 4. The lowest BCUT2D eigenvalue weighted by atomic mass is 9.72. The predicted molar refractivity (Wildman–Crippen MR) is 158 cm³/mol. The number of pyridine rings is 1. The van der Waals surface area contributed by atoms with Gasteiger partial charge in [0.25, 0.3) is 0 Å². The highest BCUT2D eigenvalue weighted by Crippen LogP contribution is 2.46. The number of halogens is 4. The minimum absolute atomic E-state index is 0.296. The number of benzene rings is 2. The monoisotopic (exact) mass is 585 g/mol. The number of nitrogens with one attached hydrogen (secondary N) is 1. The minimum atomic E-state index is -4.88. The molecule has 0 amide bonds. The molecule has 2 aromatic carbocycles. The molecule has 5 nitrogen and oxygen atoms in total. The highest BCUT2D eigenvalue weighted by Gasteiger charge is 2.56. The number of aromatic amines is 1. The van der Waals surface area contributed by atoms with Crippen molar-refractivity contribution in [3.8, 4) is 16.9 Å². The first-order valence-electron chi connectivity index (χ1n) is 13.9. The van der Waals surface area contributed by atoms with Gasteiger partial charge in [-0.25, -0.2) is 4.98 Å². The summed E-state index contributed by atoms with van der Waals surface area (Å²) in [6, 6.07) is 16.2. The molecular formula is C32H35ClF3N3O2. The van der Waals surface area contributed by atoms with Gasteiger partial charge in [-0.2, -0.15) is 13.2 Å². The molecule has 3 heterocycles. The molecule has 1 aliphatic heterocycles. The second-order valence-corrected chi connectivity index (χ2v) is 12.0. The van der Waals surface area contributed by atoms with Gasteiger partial charge in [-0.3, -0.25) is 0 Å². The van der Waals surface area contributed by atoms with Gasteiger partial charge >= 0.3 is 6.18 Å². The van der Waals surface area contributed by atoms with Gasteiger partial charge in [-0.1, -0.05) is 49.7 Å². The molecule has 1 saturated heterocycles. The summed E-state index contributed by atoms with van der Waals surface area (Å²) in [7, 11) is 1.48. The summed E-state index contributed by atoms with van der Waals surface area (Å²) in [5.74, 6) is 1.26. The summed E-state index contributed by atoms with van der Waals surface area (Å²) in [4.78, 5) is 9.79. The average molecular weight is 586 g/mol. The van der Waals surface area contributed by atoms with Gasteiger partial charge in [0.2, 0.25) is 0 Å². The van der Waals surface area contributed by atoms with Crippen molar-refractivity contribution >= 4 is 28.3 Å². The lowest BCUT2D eigenvalue weighted by Crippen LogP contribution is -2.51. The molecule has 1 atom stereocenters. The Hall–Kier alpha value is -3.23. The number of aromatic nitrogens is 2. The van der Waals surface area contributed by atoms with Crippen LogP contribution in [0.3, 0.4) is 0 Å². The van der Waals surface area contributed by atoms with Gasteiger partial charge in [0.1, 0.15) is 11.6 Å². The fraction of sp³-hybridized carbons (Fsp3) is 0.406. The number of alkyl halides is 3. The first-order valence-corrected chi connectivity index (χ1v) is 14.2. The molecule has 41 heavy (non-hydrogen) atoms. The van der Waals surface area contributed by atoms with Crippen molar-refractivity contribution in [3.63, 3.8) is 0 Å². The van der Waals surface area contributed by atoms with E-state index in [9.17, 15) is 18.3 Å². The quantitative estimate of drug-likeness (QED) is 0.219. The molecule has 4 aromatic rings. The van der Waals surface area contributed by atoms with Gasteiger partial charge in [-0.15, -0.1) is 0 Å². The number of methoxy groups -OCH3 is 1. The molecule has 2 N–H and O–H groups in total. The van der Waals surface area contributed by atoms with E-state index in [1.807, 2.05) is 30.3 Å². The average Bonchev–Trinajstić information content (AvgIpc) is 3.33. The topological polar surface area (TPSA) is 61.4 Å². The first kappa shape index (κ1) is 29.3. The third kappa shape index (κ3) is 6.04. The van der Waals surface area contributed by atoms with Gasteiger partial charge in [0, 0.05) is 46.7 Å². The number of rotatable bonds is 8. The molecule has 0 aliphatic carbocycles. The molecular weight excluding hydrogens is 551 g/mol. The van der Waals surface area contributed by atoms with Crippen molar-refractivity contribution in [2.75, 3.05) is 25.1 Å². The Balaban J connectivity index is 1.47. The van der Waals surface area contributed by atoms with Gasteiger partial charge < -0.3 is 19.7 Å². The van der Waals surface area contributed by atoms with E-state index in [2.05, 4.69) is 14.9 Å². The summed E-state index contributed by atoms with van der Waals surface area (Å²) in [5.41, 5.74) is -1.14. The van der Waals surface area contributed by atoms with Crippen molar-refractivity contribution in [1.29, 1.82) is 0 Å². The van der Waals surface area contributed by atoms with E-state index in [0.717, 1.165) is 48.3 Å². The number of H-pyrrole nitrogens is 1. The van der Waals surface area contributed by atoms with Crippen LogP contribution < -0.4 is 9.64 Å². The Morgan fingerprint density at radius 1 is 1.02 bits per heavy atom. The maximum atomic E-state index is 14.6. The number of fused-ring (bicyclic) bond motifs is 1. The van der Waals surface area contributed by atoms with E-state index in [1.54, 1.807) is 44.3 Å². The van der Waals surface area contributed by atoms with E-state index in [4.69, 9.17) is 16.3 Å². The molecule has 1 aliphatic rings. The molecule has 0 saturated carbocycles. The summed E-state index contributed by atoms with van der Waals surface area (Å²) >= 11 is 6.41. The van der Waals surface area contributed by atoms with Crippen LogP contribution in [0, 0.1) is 0 Å². The Labute approximate surface area is 243 Å². The normalized spacial score (nSPS) is 16.1. The SMILES string of the molecule is COc1ccc(-c2ccccc2Cl)cc1C(C)(C)CC(O)(Cc1cc2cc(N3CCCCC3)ncc2[nH]1)C(F)(F)F. The fourth-order valence-corrected chi connectivity index (χ4v) is 6.22. The van der Waals surface area contributed by atoms with Crippen LogP contribution in [0.4, 0.5) is 19.0 Å². The van der Waals surface area contributed by atoms with Crippen LogP contribution in [0.15, 0.2) is 60.8 Å². The zero-order valence-electron chi connectivity index (χ0n) is 23.5. The largest absolute Gasteiger partial charge is 0.496 e. The zero-order chi connectivity index (χ0) is 29.4. The van der Waals surface area contributed by atoms with E-state index in [1.165, 1.54) is 13.5 Å². The highest BCUT2D eigenvalue weighted by atomic mass is 35.5. The smallest absolute Gasteiger partial charge is 0.417 e. The molecule has 0 radical (unpaired) electrons. The lowest BCUT2D eigenvalue weighted by Gasteiger charge is -2.38. The van der Waals surface area contributed by atoms with Crippen molar-refractivity contribution in [2.45, 2.75) is 63.1 Å². The van der Waals surface area contributed by atoms with Crippen molar-refractivity contribution in [3.05, 3.63) is 77.1 Å². The summed E-state index contributed by atoms with van der Waals surface area (Å²) in [6.07, 6.45) is -1.05. The number of hydrogen-bond donors (Lipinski definition) is 2. The maximum absolute atomic E-state index is 14.6. The van der Waals surface area contributed by atoms with E-state index in [0.29, 0.717) is 27.5 Å². The highest BCUT2D eigenvalue weighted by molar-refractivity contribution is 6.33. The van der Waals surface area contributed by atoms with Gasteiger partial charge in [0.05, 0.1) is 18.8 Å². The molecule has 9 heteroatoms. The number of piperidine rings is 1. The standard InChI is InChI=1S/C32H35ClF3N3O2/c1-30(2,25-16-21(11-12-28(25)41-3)24-9-5-6-10-26(24)33)20-31(40,32(34,35)36)18-23-15-22-17-29(37-19-27(22)38-23)39-13-7-4-8-14-39/h5-6,9-12,15-17,19,38,40H,4,7-8,13-14,18,20H2,1-3H3. The Morgan fingerprint density at radius 2 is 1.76 bits per heavy atom. The molecule has 1 fully saturated rings. The van der Waals surface area contributed by atoms with Crippen LogP contribution in [-0.4, -0.2) is 47.1 Å². The minimum Gasteiger partial charge on any atom is -0.496 e. The number of nitrogens with zero attached hydrogens (tertiary/aromatic N) is 2. The van der Waals surface area contributed by atoms with Crippen molar-refractivity contribution in [2.24, 2.45) is 0 Å². The van der Waals surface area contributed by atoms with Crippen LogP contribution in [0.1, 0.15) is 50.8 Å². The molecule has 0 bridgehead atoms. The Bertz CT molecular complexity index is 1530. The van der Waals surface area contributed by atoms with Crippen molar-refractivity contribution in [1.82, 2.24) is 9.97 Å². The Morgan fingerprint density at radius 3 is 2.44 bits per heavy atom. The van der Waals surface area contributed by atoms with Crippen LogP contribution in [0.2, 0.25) is 5.02 Å². The number of ether oxygens (including phenoxy) is 1. The molecule has 0 spiro atoms. The van der Waals surface area contributed by atoms with E-state index in [-0.39, 0.29) is 0 Å². The maximum Gasteiger partial charge on any atom is 0.417 e. The zero-order valence-corrected chi connectivity index (χ0v) is 24.2. The second kappa shape index (κ2) is 11.2. The summed E-state index contributed by atoms with van der Waals surface area (Å²) < 4.78 is 49.5. The third-order valence-electron chi connectivity index (χ3n) is 8.08. The van der Waals surface area contributed by atoms with Gasteiger partial charge in [0.15, 0.2) is 5.60 Å². The number of aliphatic hydroxyl groups is 1. The summed E-state index contributed by atoms with van der Waals surface area (Å²) in [5, 5.41) is 12.6. The van der Waals surface area contributed by atoms with Gasteiger partial charge in [-0.05, 0) is 67.0 Å². The van der Waals surface area contributed by atoms with E-state index >= 15 is 0 Å². The molecule has 5 rings (SSSR count). The predicted octanol–water partition coefficient (Wildman–Crippen LogP) is 8.09. The Kier molecular flexibility index (Phi) is 8.01. The molecule has 1 unspecified atom stereocenters. The first-order chi connectivity index (χ1) is 19.4. The third-order valence-corrected chi connectivity index (χ3v) is 8.41. The molecule has 2 aromatic heterocycles. The van der Waals surface area contributed by atoms with Crippen LogP contribution in [0.5, 0.6) is 5.75 Å². The lowest BCUT2D eigenvalue weighted by molar-refractivity contribution is -0.266. The van der Waals surface area contributed by atoms with Crippen LogP contribution in [-0.2, 0) is 11.8 Å². The fourth-order valence-electron chi connectivity index (χ4n) is 5.98. The van der Waals surface area contributed by atoms with E-state index < -0.39 is 30.0 Å². The van der Waals surface area contributed by atoms with Crippen molar-refractivity contribution < 1.29 is 23.0 Å². The van der Waals surface area contributed by atoms with Crippen LogP contribution >= 0.6 is 11.6 Å². The molecule has 218 valence electrons. The number of anilines is 1. The summed E-state index contributed by atoms with van der Waals surface area (Å²) in [6.45, 7) is 5.22.